The van der Waals surface area contributed by atoms with E-state index in [1.807, 2.05) is 13.0 Å². The summed E-state index contributed by atoms with van der Waals surface area (Å²) in [4.78, 5) is 12.0. The van der Waals surface area contributed by atoms with E-state index in [1.54, 1.807) is 0 Å². The van der Waals surface area contributed by atoms with Gasteiger partial charge in [0.15, 0.2) is 5.78 Å². The van der Waals surface area contributed by atoms with Crippen molar-refractivity contribution in [1.82, 2.24) is 0 Å². The summed E-state index contributed by atoms with van der Waals surface area (Å²) in [6, 6.07) is 13.3. The van der Waals surface area contributed by atoms with Gasteiger partial charge in [-0.25, -0.2) is 0 Å². The van der Waals surface area contributed by atoms with E-state index in [4.69, 9.17) is 0 Å². The van der Waals surface area contributed by atoms with E-state index < -0.39 is 0 Å². The van der Waals surface area contributed by atoms with Gasteiger partial charge in [0.2, 0.25) is 0 Å². The molecule has 2 aromatic carbocycles. The molecule has 0 aromatic heterocycles. The molecule has 0 aliphatic heterocycles. The van der Waals surface area contributed by atoms with E-state index in [2.05, 4.69) is 37.3 Å². The van der Waals surface area contributed by atoms with Gasteiger partial charge in [-0.1, -0.05) is 76.3 Å². The number of ketones is 1. The first-order valence-electron chi connectivity index (χ1n) is 10.5. The molecule has 0 saturated carbocycles. The van der Waals surface area contributed by atoms with Gasteiger partial charge in [-0.05, 0) is 59.6 Å². The van der Waals surface area contributed by atoms with Crippen molar-refractivity contribution >= 4 is 5.78 Å². The van der Waals surface area contributed by atoms with Gasteiger partial charge in [0, 0.05) is 12.0 Å². The van der Waals surface area contributed by atoms with Crippen molar-refractivity contribution in [3.63, 3.8) is 0 Å². The Kier molecular flexibility index (Phi) is 6.66. The quantitative estimate of drug-likeness (QED) is 0.354. The topological polar surface area (TPSA) is 17.1 Å². The van der Waals surface area contributed by atoms with E-state index in [9.17, 15) is 4.79 Å². The fourth-order valence-corrected chi connectivity index (χ4v) is 4.09. The van der Waals surface area contributed by atoms with E-state index in [1.165, 1.54) is 72.8 Å². The van der Waals surface area contributed by atoms with Crippen molar-refractivity contribution in [2.75, 3.05) is 0 Å². The van der Waals surface area contributed by atoms with Crippen molar-refractivity contribution in [3.8, 4) is 11.1 Å². The maximum Gasteiger partial charge on any atom is 0.162 e. The predicted octanol–water partition coefficient (Wildman–Crippen LogP) is 6.95. The lowest BCUT2D eigenvalue weighted by molar-refractivity contribution is 0.0988. The third-order valence-corrected chi connectivity index (χ3v) is 5.69. The standard InChI is InChI=1S/C25H32O/c1-3-5-6-7-8-9-10-19-11-15-23-20(17-19)12-13-21-18-22(25(26)4-2)14-16-24(21)23/h11,14-18H,3-10,12-13H2,1-2H3. The highest BCUT2D eigenvalue weighted by Crippen LogP contribution is 2.35. The van der Waals surface area contributed by atoms with Crippen LogP contribution in [0.2, 0.25) is 0 Å². The van der Waals surface area contributed by atoms with Gasteiger partial charge in [-0.15, -0.1) is 0 Å². The van der Waals surface area contributed by atoms with Gasteiger partial charge in [0.1, 0.15) is 0 Å². The minimum atomic E-state index is 0.243. The SMILES string of the molecule is CCCCCCCCc1ccc2c(c1)CCc1cc(C(=O)CC)ccc1-2. The Morgan fingerprint density at radius 3 is 2.19 bits per heavy atom. The maximum absolute atomic E-state index is 12.0. The minimum Gasteiger partial charge on any atom is -0.294 e. The Balaban J connectivity index is 1.67. The Morgan fingerprint density at radius 1 is 0.808 bits per heavy atom. The van der Waals surface area contributed by atoms with Crippen LogP contribution in [0, 0.1) is 0 Å². The average Bonchev–Trinajstić information content (AvgIpc) is 2.69. The maximum atomic E-state index is 12.0. The number of benzene rings is 2. The molecule has 0 N–H and O–H groups in total. The summed E-state index contributed by atoms with van der Waals surface area (Å²) in [7, 11) is 0. The third kappa shape index (κ3) is 4.44. The molecule has 1 heteroatoms. The molecule has 1 aliphatic carbocycles. The molecule has 0 fully saturated rings. The Morgan fingerprint density at radius 2 is 1.46 bits per heavy atom. The molecule has 0 unspecified atom stereocenters. The summed E-state index contributed by atoms with van der Waals surface area (Å²) < 4.78 is 0. The number of unbranched alkanes of at least 4 members (excludes halogenated alkanes) is 5. The first-order valence-corrected chi connectivity index (χ1v) is 10.5. The highest BCUT2D eigenvalue weighted by Gasteiger charge is 2.17. The second-order valence-electron chi connectivity index (χ2n) is 7.66. The van der Waals surface area contributed by atoms with Crippen LogP contribution >= 0.6 is 0 Å². The van der Waals surface area contributed by atoms with Crippen LogP contribution in [0.4, 0.5) is 0 Å². The number of carbonyl (C=O) groups is 1. The molecule has 0 radical (unpaired) electrons. The van der Waals surface area contributed by atoms with Crippen LogP contribution in [0.5, 0.6) is 0 Å². The molecule has 138 valence electrons. The first-order chi connectivity index (χ1) is 12.7. The highest BCUT2D eigenvalue weighted by molar-refractivity contribution is 5.96. The fraction of sp³-hybridized carbons (Fsp3) is 0.480. The van der Waals surface area contributed by atoms with Crippen LogP contribution < -0.4 is 0 Å². The van der Waals surface area contributed by atoms with Crippen molar-refractivity contribution < 1.29 is 4.79 Å². The summed E-state index contributed by atoms with van der Waals surface area (Å²) in [6.07, 6.45) is 12.1. The van der Waals surface area contributed by atoms with Crippen LogP contribution in [-0.2, 0) is 19.3 Å². The molecule has 0 amide bonds. The van der Waals surface area contributed by atoms with E-state index in [-0.39, 0.29) is 5.78 Å². The van der Waals surface area contributed by atoms with Crippen LogP contribution in [0.3, 0.4) is 0 Å². The van der Waals surface area contributed by atoms with Crippen molar-refractivity contribution in [2.45, 2.75) is 78.1 Å². The molecule has 0 atom stereocenters. The molecular formula is C25H32O. The van der Waals surface area contributed by atoms with E-state index in [0.29, 0.717) is 6.42 Å². The first kappa shape index (κ1) is 18.9. The molecule has 0 saturated heterocycles. The molecule has 1 aliphatic rings. The molecule has 0 spiro atoms. The van der Waals surface area contributed by atoms with Crippen LogP contribution in [0.15, 0.2) is 36.4 Å². The highest BCUT2D eigenvalue weighted by atomic mass is 16.1. The zero-order valence-corrected chi connectivity index (χ0v) is 16.4. The van der Waals surface area contributed by atoms with Gasteiger partial charge in [0.25, 0.3) is 0 Å². The Bertz CT molecular complexity index is 757. The van der Waals surface area contributed by atoms with Gasteiger partial charge in [-0.3, -0.25) is 4.79 Å². The number of carbonyl (C=O) groups excluding carboxylic acids is 1. The van der Waals surface area contributed by atoms with Gasteiger partial charge >= 0.3 is 0 Å². The number of fused-ring (bicyclic) bond motifs is 3. The molecule has 1 nitrogen and oxygen atoms in total. The smallest absolute Gasteiger partial charge is 0.162 e. The largest absolute Gasteiger partial charge is 0.294 e. The summed E-state index contributed by atoms with van der Waals surface area (Å²) in [5.74, 6) is 0.243. The number of Topliss-reactive ketones (excluding diaryl/α,β-unsaturated/α-hetero) is 1. The van der Waals surface area contributed by atoms with Crippen LogP contribution in [0.25, 0.3) is 11.1 Å². The van der Waals surface area contributed by atoms with Gasteiger partial charge < -0.3 is 0 Å². The molecule has 0 bridgehead atoms. The summed E-state index contributed by atoms with van der Waals surface area (Å²) >= 11 is 0. The third-order valence-electron chi connectivity index (χ3n) is 5.69. The number of hydrogen-bond acceptors (Lipinski definition) is 1. The van der Waals surface area contributed by atoms with Crippen molar-refractivity contribution in [2.24, 2.45) is 0 Å². The Labute approximate surface area is 158 Å². The lowest BCUT2D eigenvalue weighted by atomic mass is 9.83. The number of rotatable bonds is 9. The lowest BCUT2D eigenvalue weighted by Gasteiger charge is -2.21. The second-order valence-corrected chi connectivity index (χ2v) is 7.66. The van der Waals surface area contributed by atoms with Crippen LogP contribution in [-0.4, -0.2) is 5.78 Å². The zero-order valence-electron chi connectivity index (χ0n) is 16.4. The lowest BCUT2D eigenvalue weighted by Crippen LogP contribution is -2.07. The number of aryl methyl sites for hydroxylation is 3. The molecule has 0 heterocycles. The minimum absolute atomic E-state index is 0.243. The van der Waals surface area contributed by atoms with E-state index in [0.717, 1.165) is 18.4 Å². The second kappa shape index (κ2) is 9.16. The van der Waals surface area contributed by atoms with Crippen molar-refractivity contribution in [3.05, 3.63) is 58.7 Å². The van der Waals surface area contributed by atoms with Gasteiger partial charge in [-0.2, -0.15) is 0 Å². The monoisotopic (exact) mass is 348 g/mol. The zero-order chi connectivity index (χ0) is 18.4. The summed E-state index contributed by atoms with van der Waals surface area (Å²) in [6.45, 7) is 4.20. The summed E-state index contributed by atoms with van der Waals surface area (Å²) in [5, 5.41) is 0. The van der Waals surface area contributed by atoms with Crippen LogP contribution in [0.1, 0.15) is 85.8 Å². The fourth-order valence-electron chi connectivity index (χ4n) is 4.09. The number of hydrogen-bond donors (Lipinski definition) is 0. The molecular weight excluding hydrogens is 316 g/mol. The van der Waals surface area contributed by atoms with Crippen molar-refractivity contribution in [1.29, 1.82) is 0 Å². The predicted molar refractivity (Wildman–Crippen MR) is 111 cm³/mol. The molecule has 26 heavy (non-hydrogen) atoms. The molecule has 3 rings (SSSR count). The summed E-state index contributed by atoms with van der Waals surface area (Å²) in [5.41, 5.74) is 7.87. The van der Waals surface area contributed by atoms with E-state index >= 15 is 0 Å². The Hall–Kier alpha value is -1.89. The van der Waals surface area contributed by atoms with Gasteiger partial charge in [0.05, 0.1) is 0 Å². The average molecular weight is 349 g/mol. The normalized spacial score (nSPS) is 12.5. The molecule has 2 aromatic rings.